The standard InChI is InChI=1S/C25H24ClN3O3S/c1-3-29(33(31,32)21-15-13-20(26)14-16-21)18(2)24-27-23-12-8-7-11-22(23)25(30)28(24)17-19-9-5-4-6-10-19/h4-16,18H,3,17H2,1-2H3. The molecule has 1 atom stereocenters. The van der Waals surface area contributed by atoms with Gasteiger partial charge in [-0.1, -0.05) is 61.0 Å². The smallest absolute Gasteiger partial charge is 0.261 e. The number of nitrogens with zero attached hydrogens (tertiary/aromatic N) is 3. The van der Waals surface area contributed by atoms with Crippen LogP contribution < -0.4 is 5.56 Å². The molecule has 0 N–H and O–H groups in total. The van der Waals surface area contributed by atoms with Crippen LogP contribution in [0.5, 0.6) is 0 Å². The van der Waals surface area contributed by atoms with Crippen molar-refractivity contribution >= 4 is 32.5 Å². The number of hydrogen-bond acceptors (Lipinski definition) is 4. The van der Waals surface area contributed by atoms with Gasteiger partial charge in [0.05, 0.1) is 28.4 Å². The SMILES string of the molecule is CCN(C(C)c1nc2ccccc2c(=O)n1Cc1ccccc1)S(=O)(=O)c1ccc(Cl)cc1. The minimum absolute atomic E-state index is 0.137. The third kappa shape index (κ3) is 4.57. The highest BCUT2D eigenvalue weighted by atomic mass is 35.5. The fraction of sp³-hybridized carbons (Fsp3) is 0.200. The lowest BCUT2D eigenvalue weighted by Crippen LogP contribution is -2.37. The number of hydrogen-bond donors (Lipinski definition) is 0. The summed E-state index contributed by atoms with van der Waals surface area (Å²) in [6.07, 6.45) is 0. The topological polar surface area (TPSA) is 72.3 Å². The van der Waals surface area contributed by atoms with E-state index in [2.05, 4.69) is 0 Å². The number of aromatic nitrogens is 2. The molecule has 170 valence electrons. The van der Waals surface area contributed by atoms with Gasteiger partial charge in [-0.2, -0.15) is 4.31 Å². The molecule has 0 aliphatic rings. The van der Waals surface area contributed by atoms with E-state index in [1.807, 2.05) is 36.4 Å². The minimum atomic E-state index is -3.85. The molecule has 8 heteroatoms. The summed E-state index contributed by atoms with van der Waals surface area (Å²) in [4.78, 5) is 18.4. The van der Waals surface area contributed by atoms with E-state index in [0.717, 1.165) is 5.56 Å². The van der Waals surface area contributed by atoms with Crippen molar-refractivity contribution < 1.29 is 8.42 Å². The van der Waals surface area contributed by atoms with Crippen molar-refractivity contribution in [3.05, 3.63) is 106 Å². The maximum Gasteiger partial charge on any atom is 0.261 e. The Balaban J connectivity index is 1.87. The Kier molecular flexibility index (Phi) is 6.65. The van der Waals surface area contributed by atoms with E-state index in [0.29, 0.717) is 21.7 Å². The zero-order valence-corrected chi connectivity index (χ0v) is 19.9. The predicted molar refractivity (Wildman–Crippen MR) is 131 cm³/mol. The first kappa shape index (κ1) is 23.2. The molecule has 0 spiro atoms. The van der Waals surface area contributed by atoms with Gasteiger partial charge in [-0.15, -0.1) is 0 Å². The fourth-order valence-electron chi connectivity index (χ4n) is 3.95. The summed E-state index contributed by atoms with van der Waals surface area (Å²) in [6.45, 7) is 4.02. The largest absolute Gasteiger partial charge is 0.290 e. The van der Waals surface area contributed by atoms with Crippen molar-refractivity contribution in [1.29, 1.82) is 0 Å². The maximum atomic E-state index is 13.5. The zero-order valence-electron chi connectivity index (χ0n) is 18.3. The Labute approximate surface area is 198 Å². The predicted octanol–water partition coefficient (Wildman–Crippen LogP) is 4.87. The number of benzene rings is 3. The van der Waals surface area contributed by atoms with Gasteiger partial charge >= 0.3 is 0 Å². The van der Waals surface area contributed by atoms with Crippen LogP contribution in [-0.2, 0) is 16.6 Å². The molecule has 0 aliphatic heterocycles. The lowest BCUT2D eigenvalue weighted by molar-refractivity contribution is 0.335. The van der Waals surface area contributed by atoms with Crippen LogP contribution >= 0.6 is 11.6 Å². The molecule has 1 aromatic heterocycles. The van der Waals surface area contributed by atoms with Gasteiger partial charge in [0, 0.05) is 11.6 Å². The second kappa shape index (κ2) is 9.47. The fourth-order valence-corrected chi connectivity index (χ4v) is 5.67. The van der Waals surface area contributed by atoms with Gasteiger partial charge in [0.25, 0.3) is 5.56 Å². The maximum absolute atomic E-state index is 13.5. The third-order valence-electron chi connectivity index (χ3n) is 5.61. The van der Waals surface area contributed by atoms with Gasteiger partial charge in [0.1, 0.15) is 5.82 Å². The van der Waals surface area contributed by atoms with Gasteiger partial charge in [0.2, 0.25) is 10.0 Å². The van der Waals surface area contributed by atoms with Crippen LogP contribution in [0.2, 0.25) is 5.02 Å². The number of sulfonamides is 1. The van der Waals surface area contributed by atoms with E-state index in [4.69, 9.17) is 16.6 Å². The molecule has 0 amide bonds. The molecule has 1 heterocycles. The molecule has 0 saturated carbocycles. The first-order valence-corrected chi connectivity index (χ1v) is 12.5. The van der Waals surface area contributed by atoms with Crippen LogP contribution in [0, 0.1) is 0 Å². The lowest BCUT2D eigenvalue weighted by Gasteiger charge is -2.28. The van der Waals surface area contributed by atoms with E-state index in [-0.39, 0.29) is 23.5 Å². The second-order valence-electron chi connectivity index (χ2n) is 7.70. The Morgan fingerprint density at radius 1 is 0.970 bits per heavy atom. The summed E-state index contributed by atoms with van der Waals surface area (Å²) in [5.41, 5.74) is 1.26. The van der Waals surface area contributed by atoms with E-state index in [9.17, 15) is 13.2 Å². The summed E-state index contributed by atoms with van der Waals surface area (Å²) < 4.78 is 29.9. The average Bonchev–Trinajstić information content (AvgIpc) is 2.82. The number of rotatable bonds is 7. The van der Waals surface area contributed by atoms with Gasteiger partial charge < -0.3 is 0 Å². The van der Waals surface area contributed by atoms with Crippen molar-refractivity contribution in [2.45, 2.75) is 31.3 Å². The van der Waals surface area contributed by atoms with Crippen molar-refractivity contribution in [3.8, 4) is 0 Å². The lowest BCUT2D eigenvalue weighted by atomic mass is 10.2. The van der Waals surface area contributed by atoms with Crippen LogP contribution in [0.3, 0.4) is 0 Å². The first-order chi connectivity index (χ1) is 15.8. The Morgan fingerprint density at radius 3 is 2.27 bits per heavy atom. The molecule has 4 rings (SSSR count). The van der Waals surface area contributed by atoms with Crippen LogP contribution in [0.4, 0.5) is 0 Å². The van der Waals surface area contributed by atoms with Crippen molar-refractivity contribution in [2.75, 3.05) is 6.54 Å². The highest BCUT2D eigenvalue weighted by Crippen LogP contribution is 2.28. The summed E-state index contributed by atoms with van der Waals surface area (Å²) in [5, 5.41) is 0.950. The average molecular weight is 482 g/mol. The highest BCUT2D eigenvalue weighted by Gasteiger charge is 2.31. The molecule has 1 unspecified atom stereocenters. The van der Waals surface area contributed by atoms with E-state index in [1.54, 1.807) is 48.7 Å². The number of halogens is 1. The number of fused-ring (bicyclic) bond motifs is 1. The second-order valence-corrected chi connectivity index (χ2v) is 10.0. The molecule has 3 aromatic carbocycles. The first-order valence-electron chi connectivity index (χ1n) is 10.6. The highest BCUT2D eigenvalue weighted by molar-refractivity contribution is 7.89. The van der Waals surface area contributed by atoms with Crippen molar-refractivity contribution in [2.24, 2.45) is 0 Å². The molecule has 4 aromatic rings. The molecule has 6 nitrogen and oxygen atoms in total. The molecule has 0 bridgehead atoms. The monoisotopic (exact) mass is 481 g/mol. The van der Waals surface area contributed by atoms with Gasteiger partial charge in [-0.3, -0.25) is 9.36 Å². The quantitative estimate of drug-likeness (QED) is 0.377. The van der Waals surface area contributed by atoms with E-state index >= 15 is 0 Å². The Hall–Kier alpha value is -3.00. The third-order valence-corrected chi connectivity index (χ3v) is 7.92. The normalized spacial score (nSPS) is 12.8. The summed E-state index contributed by atoms with van der Waals surface area (Å²) in [7, 11) is -3.85. The summed E-state index contributed by atoms with van der Waals surface area (Å²) in [6, 6.07) is 22.1. The molecular formula is C25H24ClN3O3S. The van der Waals surface area contributed by atoms with E-state index < -0.39 is 16.1 Å². The number of para-hydroxylation sites is 1. The molecule has 33 heavy (non-hydrogen) atoms. The van der Waals surface area contributed by atoms with Crippen LogP contribution in [0.15, 0.2) is 88.6 Å². The van der Waals surface area contributed by atoms with Crippen LogP contribution in [0.1, 0.15) is 31.3 Å². The van der Waals surface area contributed by atoms with E-state index in [1.165, 1.54) is 16.4 Å². The molecule has 0 saturated heterocycles. The van der Waals surface area contributed by atoms with Crippen LogP contribution in [-0.4, -0.2) is 28.8 Å². The molecular weight excluding hydrogens is 458 g/mol. The summed E-state index contributed by atoms with van der Waals surface area (Å²) >= 11 is 5.95. The molecule has 0 aliphatic carbocycles. The zero-order chi connectivity index (χ0) is 23.6. The minimum Gasteiger partial charge on any atom is -0.290 e. The summed E-state index contributed by atoms with van der Waals surface area (Å²) in [5.74, 6) is 0.391. The van der Waals surface area contributed by atoms with Crippen molar-refractivity contribution in [3.63, 3.8) is 0 Å². The Bertz CT molecular complexity index is 1440. The molecule has 0 fully saturated rings. The Morgan fingerprint density at radius 2 is 1.61 bits per heavy atom. The van der Waals surface area contributed by atoms with Gasteiger partial charge in [-0.05, 0) is 48.9 Å². The molecule has 0 radical (unpaired) electrons. The van der Waals surface area contributed by atoms with Gasteiger partial charge in [-0.25, -0.2) is 13.4 Å². The van der Waals surface area contributed by atoms with Crippen LogP contribution in [0.25, 0.3) is 10.9 Å². The van der Waals surface area contributed by atoms with Crippen molar-refractivity contribution in [1.82, 2.24) is 13.9 Å². The van der Waals surface area contributed by atoms with Gasteiger partial charge in [0.15, 0.2) is 0 Å².